The van der Waals surface area contributed by atoms with Crippen molar-refractivity contribution < 1.29 is 29.6 Å². The zero-order valence-electron chi connectivity index (χ0n) is 13.9. The molecular formula is C17H19ClN2O6. The lowest BCUT2D eigenvalue weighted by Gasteiger charge is -2.42. The third-order valence-corrected chi connectivity index (χ3v) is 4.50. The molecule has 2 aromatic rings. The predicted octanol–water partition coefficient (Wildman–Crippen LogP) is 0.211. The van der Waals surface area contributed by atoms with Crippen molar-refractivity contribution in [2.45, 2.75) is 37.6 Å². The second-order valence-electron chi connectivity index (χ2n) is 6.00. The number of nitrogens with zero attached hydrogens (tertiary/aromatic N) is 1. The Kier molecular flexibility index (Phi) is 5.59. The Morgan fingerprint density at radius 1 is 1.35 bits per heavy atom. The molecule has 140 valence electrons. The number of carbonyl (C=O) groups excluding carboxylic acids is 1. The van der Waals surface area contributed by atoms with E-state index in [9.17, 15) is 20.1 Å². The average molecular weight is 383 g/mol. The zero-order valence-corrected chi connectivity index (χ0v) is 14.6. The van der Waals surface area contributed by atoms with E-state index in [1.54, 1.807) is 30.5 Å². The van der Waals surface area contributed by atoms with Gasteiger partial charge in [-0.3, -0.25) is 9.78 Å². The predicted molar refractivity (Wildman–Crippen MR) is 92.7 cm³/mol. The molecule has 2 heterocycles. The number of rotatable bonds is 4. The largest absolute Gasteiger partial charge is 0.460 e. The summed E-state index contributed by atoms with van der Waals surface area (Å²) in [7, 11) is 0. The Balaban J connectivity index is 1.95. The van der Waals surface area contributed by atoms with Crippen molar-refractivity contribution in [2.24, 2.45) is 0 Å². The summed E-state index contributed by atoms with van der Waals surface area (Å²) in [5.74, 6) is -0.106. The van der Waals surface area contributed by atoms with Crippen molar-refractivity contribution >= 4 is 28.4 Å². The van der Waals surface area contributed by atoms with Crippen LogP contribution in [0.3, 0.4) is 0 Å². The van der Waals surface area contributed by atoms with E-state index in [2.05, 4.69) is 10.3 Å². The molecule has 1 aromatic carbocycles. The lowest BCUT2D eigenvalue weighted by atomic mass is 9.97. The van der Waals surface area contributed by atoms with Gasteiger partial charge < -0.3 is 30.1 Å². The van der Waals surface area contributed by atoms with Gasteiger partial charge >= 0.3 is 0 Å². The average Bonchev–Trinajstić information content (AvgIpc) is 2.63. The monoisotopic (exact) mass is 382 g/mol. The molecule has 8 nitrogen and oxygen atoms in total. The first-order chi connectivity index (χ1) is 12.4. The lowest BCUT2D eigenvalue weighted by Crippen LogP contribution is -2.65. The number of halogens is 1. The van der Waals surface area contributed by atoms with E-state index < -0.39 is 43.2 Å². The van der Waals surface area contributed by atoms with Crippen LogP contribution in [0.5, 0.6) is 5.75 Å². The van der Waals surface area contributed by atoms with Crippen LogP contribution in [0.2, 0.25) is 5.02 Å². The van der Waals surface area contributed by atoms with E-state index in [4.69, 9.17) is 21.1 Å². The summed E-state index contributed by atoms with van der Waals surface area (Å²) in [5.41, 5.74) is 0.478. The Hall–Kier alpha value is -1.97. The molecular weight excluding hydrogens is 364 g/mol. The Labute approximate surface area is 154 Å². The van der Waals surface area contributed by atoms with Crippen LogP contribution in [0, 0.1) is 0 Å². The fourth-order valence-corrected chi connectivity index (χ4v) is 3.12. The van der Waals surface area contributed by atoms with Gasteiger partial charge in [0.25, 0.3) is 0 Å². The van der Waals surface area contributed by atoms with Crippen LogP contribution in [0.15, 0.2) is 30.5 Å². The second-order valence-corrected chi connectivity index (χ2v) is 6.40. The van der Waals surface area contributed by atoms with Gasteiger partial charge in [-0.25, -0.2) is 0 Å². The molecule has 0 unspecified atom stereocenters. The van der Waals surface area contributed by atoms with Crippen LogP contribution < -0.4 is 10.1 Å². The Bertz CT molecular complexity index is 804. The van der Waals surface area contributed by atoms with E-state index >= 15 is 0 Å². The van der Waals surface area contributed by atoms with Crippen LogP contribution >= 0.6 is 11.6 Å². The van der Waals surface area contributed by atoms with Gasteiger partial charge in [0, 0.05) is 18.5 Å². The number of aromatic nitrogens is 1. The van der Waals surface area contributed by atoms with Gasteiger partial charge in [0.2, 0.25) is 12.2 Å². The first kappa shape index (κ1) is 18.8. The van der Waals surface area contributed by atoms with Gasteiger partial charge in [-0.1, -0.05) is 11.6 Å². The number of benzene rings is 1. The van der Waals surface area contributed by atoms with E-state index in [0.29, 0.717) is 21.7 Å². The van der Waals surface area contributed by atoms with Crippen LogP contribution in [-0.4, -0.2) is 63.5 Å². The number of aliphatic hydroxyl groups is 3. The highest BCUT2D eigenvalue weighted by molar-refractivity contribution is 6.35. The number of aliphatic hydroxyl groups excluding tert-OH is 3. The number of nitrogens with one attached hydrogen (secondary N) is 1. The van der Waals surface area contributed by atoms with Crippen molar-refractivity contribution in [3.8, 4) is 5.75 Å². The summed E-state index contributed by atoms with van der Waals surface area (Å²) in [6, 6.07) is 5.69. The summed E-state index contributed by atoms with van der Waals surface area (Å²) < 4.78 is 11.4. The summed E-state index contributed by atoms with van der Waals surface area (Å²) in [5, 5.41) is 33.4. The van der Waals surface area contributed by atoms with Crippen molar-refractivity contribution in [3.05, 3.63) is 35.5 Å². The minimum Gasteiger partial charge on any atom is -0.460 e. The highest BCUT2D eigenvalue weighted by atomic mass is 35.5. The Morgan fingerprint density at radius 2 is 2.12 bits per heavy atom. The summed E-state index contributed by atoms with van der Waals surface area (Å²) in [6.07, 6.45) is -3.40. The molecule has 0 bridgehead atoms. The maximum absolute atomic E-state index is 11.5. The van der Waals surface area contributed by atoms with Crippen LogP contribution in [0.1, 0.15) is 6.92 Å². The number of hydrogen-bond donors (Lipinski definition) is 4. The highest BCUT2D eigenvalue weighted by Crippen LogP contribution is 2.32. The SMILES string of the molecule is CC(=O)N[C@H]1[C@H](Oc2ccc(Cl)c3cccnc23)O[C@H](CO)[C@@H](O)[C@@H]1O. The maximum Gasteiger partial charge on any atom is 0.223 e. The second kappa shape index (κ2) is 7.73. The third-order valence-electron chi connectivity index (χ3n) is 4.17. The number of pyridine rings is 1. The van der Waals surface area contributed by atoms with Crippen LogP contribution in [-0.2, 0) is 9.53 Å². The first-order valence-corrected chi connectivity index (χ1v) is 8.39. The standard InChI is InChI=1S/C17H19ClN2O6/c1-8(22)20-14-16(24)15(23)12(7-21)26-17(14)25-11-5-4-10(18)9-3-2-6-19-13(9)11/h2-6,12,14-17,21,23-24H,7H2,1H3,(H,20,22)/t12-,14-,15-,16-,17-/m1/s1. The molecule has 3 rings (SSSR count). The van der Waals surface area contributed by atoms with Gasteiger partial charge in [0.05, 0.1) is 11.6 Å². The molecule has 1 fully saturated rings. The molecule has 1 aliphatic heterocycles. The summed E-state index contributed by atoms with van der Waals surface area (Å²) in [6.45, 7) is 0.748. The number of hydrogen-bond acceptors (Lipinski definition) is 7. The van der Waals surface area contributed by atoms with Crippen molar-refractivity contribution in [1.82, 2.24) is 10.3 Å². The van der Waals surface area contributed by atoms with Gasteiger partial charge in [-0.05, 0) is 24.3 Å². The maximum atomic E-state index is 11.5. The van der Waals surface area contributed by atoms with E-state index in [1.807, 2.05) is 0 Å². The molecule has 0 saturated carbocycles. The van der Waals surface area contributed by atoms with E-state index in [-0.39, 0.29) is 0 Å². The number of ether oxygens (including phenoxy) is 2. The van der Waals surface area contributed by atoms with E-state index in [0.717, 1.165) is 0 Å². The molecule has 0 spiro atoms. The third kappa shape index (κ3) is 3.60. The normalized spacial score (nSPS) is 28.7. The topological polar surface area (TPSA) is 121 Å². The molecule has 1 amide bonds. The van der Waals surface area contributed by atoms with Crippen molar-refractivity contribution in [1.29, 1.82) is 0 Å². The van der Waals surface area contributed by atoms with Gasteiger partial charge in [-0.15, -0.1) is 0 Å². The molecule has 1 aliphatic rings. The van der Waals surface area contributed by atoms with Gasteiger partial charge in [-0.2, -0.15) is 0 Å². The van der Waals surface area contributed by atoms with Crippen molar-refractivity contribution in [3.63, 3.8) is 0 Å². The van der Waals surface area contributed by atoms with Gasteiger partial charge in [0.15, 0.2) is 0 Å². The first-order valence-electron chi connectivity index (χ1n) is 8.02. The molecule has 9 heteroatoms. The minimum atomic E-state index is -1.39. The van der Waals surface area contributed by atoms with Crippen LogP contribution in [0.4, 0.5) is 0 Å². The highest BCUT2D eigenvalue weighted by Gasteiger charge is 2.46. The summed E-state index contributed by atoms with van der Waals surface area (Å²) in [4.78, 5) is 15.7. The summed E-state index contributed by atoms with van der Waals surface area (Å²) >= 11 is 6.17. The van der Waals surface area contributed by atoms with Crippen LogP contribution in [0.25, 0.3) is 10.9 Å². The van der Waals surface area contributed by atoms with Gasteiger partial charge in [0.1, 0.15) is 35.6 Å². The van der Waals surface area contributed by atoms with E-state index in [1.165, 1.54) is 6.92 Å². The molecule has 5 atom stereocenters. The smallest absolute Gasteiger partial charge is 0.223 e. The molecule has 26 heavy (non-hydrogen) atoms. The fraction of sp³-hybridized carbons (Fsp3) is 0.412. The zero-order chi connectivity index (χ0) is 18.8. The number of carbonyl (C=O) groups is 1. The number of amides is 1. The molecule has 0 radical (unpaired) electrons. The van der Waals surface area contributed by atoms with Crippen molar-refractivity contribution in [2.75, 3.05) is 6.61 Å². The minimum absolute atomic E-state index is 0.325. The quantitative estimate of drug-likeness (QED) is 0.596. The molecule has 1 saturated heterocycles. The molecule has 1 aromatic heterocycles. The lowest BCUT2D eigenvalue weighted by molar-refractivity contribution is -0.244. The number of fused-ring (bicyclic) bond motifs is 1. The Morgan fingerprint density at radius 3 is 2.81 bits per heavy atom. The molecule has 4 N–H and O–H groups in total. The molecule has 0 aliphatic carbocycles. The fourth-order valence-electron chi connectivity index (χ4n) is 2.90.